The molecule has 0 aromatic heterocycles. The minimum atomic E-state index is -4.52. The minimum absolute atomic E-state index is 0.248. The van der Waals surface area contributed by atoms with Crippen LogP contribution in [-0.2, 0) is 15.7 Å². The Labute approximate surface area is 124 Å². The molecule has 1 fully saturated rings. The molecule has 1 amide bonds. The standard InChI is InChI=1S/C14H13ClF3NO2/c15-12-3-1-10(9-11(12)14(16,17)18)2-4-13(20)19-5-7-21-8-6-19/h1-4,9H,5-8H2/b4-2+. The summed E-state index contributed by atoms with van der Waals surface area (Å²) in [6, 6.07) is 3.52. The molecule has 0 radical (unpaired) electrons. The zero-order valence-corrected chi connectivity index (χ0v) is 11.7. The van der Waals surface area contributed by atoms with Gasteiger partial charge in [0, 0.05) is 19.2 Å². The summed E-state index contributed by atoms with van der Waals surface area (Å²) in [5.41, 5.74) is -0.640. The van der Waals surface area contributed by atoms with Crippen molar-refractivity contribution in [3.05, 3.63) is 40.4 Å². The Morgan fingerprint density at radius 3 is 2.57 bits per heavy atom. The van der Waals surface area contributed by atoms with Crippen LogP contribution in [0.5, 0.6) is 0 Å². The molecule has 0 aliphatic carbocycles. The van der Waals surface area contributed by atoms with Crippen molar-refractivity contribution < 1.29 is 22.7 Å². The lowest BCUT2D eigenvalue weighted by Crippen LogP contribution is -2.39. The van der Waals surface area contributed by atoms with Crippen LogP contribution in [0.3, 0.4) is 0 Å². The first-order chi connectivity index (χ1) is 9.88. The molecule has 0 unspecified atom stereocenters. The fraction of sp³-hybridized carbons (Fsp3) is 0.357. The van der Waals surface area contributed by atoms with Crippen LogP contribution in [0.25, 0.3) is 6.08 Å². The number of nitrogens with zero attached hydrogens (tertiary/aromatic N) is 1. The summed E-state index contributed by atoms with van der Waals surface area (Å²) in [5.74, 6) is -0.248. The summed E-state index contributed by atoms with van der Waals surface area (Å²) < 4.78 is 43.3. The number of benzene rings is 1. The number of morpholine rings is 1. The van der Waals surface area contributed by atoms with Crippen molar-refractivity contribution in [2.45, 2.75) is 6.18 Å². The third kappa shape index (κ3) is 4.22. The van der Waals surface area contributed by atoms with Gasteiger partial charge in [0.05, 0.1) is 23.8 Å². The molecule has 3 nitrogen and oxygen atoms in total. The van der Waals surface area contributed by atoms with E-state index in [1.807, 2.05) is 0 Å². The molecule has 1 saturated heterocycles. The van der Waals surface area contributed by atoms with Gasteiger partial charge in [-0.05, 0) is 23.8 Å². The number of ether oxygens (including phenoxy) is 1. The maximum atomic E-state index is 12.7. The van der Waals surface area contributed by atoms with E-state index in [4.69, 9.17) is 16.3 Å². The third-order valence-electron chi connectivity index (χ3n) is 3.04. The number of carbonyl (C=O) groups is 1. The highest BCUT2D eigenvalue weighted by atomic mass is 35.5. The monoisotopic (exact) mass is 319 g/mol. The smallest absolute Gasteiger partial charge is 0.378 e. The van der Waals surface area contributed by atoms with E-state index in [1.165, 1.54) is 24.3 Å². The van der Waals surface area contributed by atoms with Gasteiger partial charge in [0.15, 0.2) is 0 Å². The first kappa shape index (κ1) is 15.9. The fourth-order valence-corrected chi connectivity index (χ4v) is 2.15. The average molecular weight is 320 g/mol. The second-order valence-corrected chi connectivity index (χ2v) is 4.92. The van der Waals surface area contributed by atoms with Crippen LogP contribution in [0.1, 0.15) is 11.1 Å². The van der Waals surface area contributed by atoms with Crippen LogP contribution in [0.15, 0.2) is 24.3 Å². The topological polar surface area (TPSA) is 29.5 Å². The number of halogens is 4. The molecule has 0 N–H and O–H groups in total. The van der Waals surface area contributed by atoms with E-state index in [0.29, 0.717) is 26.3 Å². The Kier molecular flexibility index (Phi) is 4.90. The van der Waals surface area contributed by atoms with E-state index < -0.39 is 11.7 Å². The predicted molar refractivity (Wildman–Crippen MR) is 72.9 cm³/mol. The maximum Gasteiger partial charge on any atom is 0.417 e. The van der Waals surface area contributed by atoms with Crippen LogP contribution < -0.4 is 0 Å². The number of hydrogen-bond acceptors (Lipinski definition) is 2. The second-order valence-electron chi connectivity index (χ2n) is 4.51. The van der Waals surface area contributed by atoms with Crippen molar-refractivity contribution in [1.29, 1.82) is 0 Å². The van der Waals surface area contributed by atoms with E-state index in [9.17, 15) is 18.0 Å². The number of carbonyl (C=O) groups excluding carboxylic acids is 1. The molecule has 114 valence electrons. The van der Waals surface area contributed by atoms with Crippen LogP contribution in [-0.4, -0.2) is 37.1 Å². The molecule has 0 atom stereocenters. The van der Waals surface area contributed by atoms with Gasteiger partial charge in [-0.25, -0.2) is 0 Å². The summed E-state index contributed by atoms with van der Waals surface area (Å²) in [6.07, 6.45) is -1.91. The van der Waals surface area contributed by atoms with Crippen LogP contribution in [0, 0.1) is 0 Å². The van der Waals surface area contributed by atoms with Gasteiger partial charge in [0.2, 0.25) is 5.91 Å². The Morgan fingerprint density at radius 2 is 1.95 bits per heavy atom. The van der Waals surface area contributed by atoms with Gasteiger partial charge in [0.25, 0.3) is 0 Å². The maximum absolute atomic E-state index is 12.7. The van der Waals surface area contributed by atoms with Gasteiger partial charge in [-0.1, -0.05) is 17.7 Å². The highest BCUT2D eigenvalue weighted by molar-refractivity contribution is 6.31. The molecular weight excluding hydrogens is 307 g/mol. The SMILES string of the molecule is O=C(/C=C/c1ccc(Cl)c(C(F)(F)F)c1)N1CCOCC1. The molecule has 0 spiro atoms. The summed E-state index contributed by atoms with van der Waals surface area (Å²) in [6.45, 7) is 1.91. The molecule has 1 aliphatic heterocycles. The van der Waals surface area contributed by atoms with E-state index in [2.05, 4.69) is 0 Å². The first-order valence-corrected chi connectivity index (χ1v) is 6.67. The second kappa shape index (κ2) is 6.49. The van der Waals surface area contributed by atoms with Crippen molar-refractivity contribution in [3.63, 3.8) is 0 Å². The molecule has 1 aliphatic rings. The predicted octanol–water partition coefficient (Wildman–Crippen LogP) is 3.23. The average Bonchev–Trinajstić information content (AvgIpc) is 2.45. The molecule has 0 bridgehead atoms. The lowest BCUT2D eigenvalue weighted by molar-refractivity contribution is -0.137. The summed E-state index contributed by atoms with van der Waals surface area (Å²) >= 11 is 5.53. The van der Waals surface area contributed by atoms with Crippen molar-refractivity contribution >= 4 is 23.6 Å². The van der Waals surface area contributed by atoms with E-state index in [0.717, 1.165) is 6.07 Å². The molecule has 7 heteroatoms. The van der Waals surface area contributed by atoms with E-state index >= 15 is 0 Å². The molecule has 2 rings (SSSR count). The van der Waals surface area contributed by atoms with Gasteiger partial charge in [0.1, 0.15) is 0 Å². The molecule has 0 saturated carbocycles. The Bertz CT molecular complexity index is 552. The third-order valence-corrected chi connectivity index (χ3v) is 3.37. The summed E-state index contributed by atoms with van der Waals surface area (Å²) in [5, 5.41) is -0.362. The fourth-order valence-electron chi connectivity index (χ4n) is 1.92. The van der Waals surface area contributed by atoms with Crippen molar-refractivity contribution in [2.24, 2.45) is 0 Å². The van der Waals surface area contributed by atoms with Gasteiger partial charge < -0.3 is 9.64 Å². The number of rotatable bonds is 2. The van der Waals surface area contributed by atoms with Crippen LogP contribution in [0.4, 0.5) is 13.2 Å². The van der Waals surface area contributed by atoms with Gasteiger partial charge >= 0.3 is 6.18 Å². The summed E-state index contributed by atoms with van der Waals surface area (Å²) in [7, 11) is 0. The van der Waals surface area contributed by atoms with Crippen molar-refractivity contribution in [1.82, 2.24) is 4.90 Å². The number of hydrogen-bond donors (Lipinski definition) is 0. The number of alkyl halides is 3. The summed E-state index contributed by atoms with van der Waals surface area (Å²) in [4.78, 5) is 13.4. The van der Waals surface area contributed by atoms with Crippen molar-refractivity contribution in [3.8, 4) is 0 Å². The Morgan fingerprint density at radius 1 is 1.29 bits per heavy atom. The van der Waals surface area contributed by atoms with E-state index in [1.54, 1.807) is 4.90 Å². The van der Waals surface area contributed by atoms with E-state index in [-0.39, 0.29) is 16.5 Å². The quantitative estimate of drug-likeness (QED) is 0.783. The zero-order chi connectivity index (χ0) is 15.5. The highest BCUT2D eigenvalue weighted by Gasteiger charge is 2.33. The normalized spacial score (nSPS) is 16.5. The lowest BCUT2D eigenvalue weighted by atomic mass is 10.1. The lowest BCUT2D eigenvalue weighted by Gasteiger charge is -2.25. The number of amides is 1. The van der Waals surface area contributed by atoms with Gasteiger partial charge in [-0.3, -0.25) is 4.79 Å². The minimum Gasteiger partial charge on any atom is -0.378 e. The molecule has 1 heterocycles. The molecule has 1 aromatic carbocycles. The molecule has 21 heavy (non-hydrogen) atoms. The highest BCUT2D eigenvalue weighted by Crippen LogP contribution is 2.35. The van der Waals surface area contributed by atoms with Crippen LogP contribution >= 0.6 is 11.6 Å². The largest absolute Gasteiger partial charge is 0.417 e. The van der Waals surface area contributed by atoms with Crippen molar-refractivity contribution in [2.75, 3.05) is 26.3 Å². The molecular formula is C14H13ClF3NO2. The van der Waals surface area contributed by atoms with Gasteiger partial charge in [-0.2, -0.15) is 13.2 Å². The van der Waals surface area contributed by atoms with Gasteiger partial charge in [-0.15, -0.1) is 0 Å². The first-order valence-electron chi connectivity index (χ1n) is 6.29. The Hall–Kier alpha value is -1.53. The van der Waals surface area contributed by atoms with Crippen LogP contribution in [0.2, 0.25) is 5.02 Å². The molecule has 1 aromatic rings. The Balaban J connectivity index is 2.12. The zero-order valence-electron chi connectivity index (χ0n) is 11.0.